The minimum absolute atomic E-state index is 0.450. The largest absolute Gasteiger partial charge is 0.378 e. The Morgan fingerprint density at radius 1 is 1.36 bits per heavy atom. The zero-order chi connectivity index (χ0) is 10.7. The first kappa shape index (κ1) is 11.1. The summed E-state index contributed by atoms with van der Waals surface area (Å²) in [4.78, 5) is 2.11. The number of benzene rings is 1. The highest BCUT2D eigenvalue weighted by Gasteiger charge is 2.07. The van der Waals surface area contributed by atoms with Crippen molar-refractivity contribution in [3.8, 4) is 0 Å². The van der Waals surface area contributed by atoms with Gasteiger partial charge in [0.05, 0.1) is 0 Å². The van der Waals surface area contributed by atoms with Crippen molar-refractivity contribution in [2.75, 3.05) is 25.5 Å². The molecule has 0 saturated carbocycles. The Kier molecular flexibility index (Phi) is 3.53. The summed E-state index contributed by atoms with van der Waals surface area (Å²) in [6.45, 7) is 5.02. The maximum Gasteiger partial charge on any atom is 0.0363 e. The van der Waals surface area contributed by atoms with E-state index in [2.05, 4.69) is 51.0 Å². The molecule has 2 N–H and O–H groups in total. The molecule has 78 valence electrons. The Bertz CT molecular complexity index is 305. The third-order valence-corrected chi connectivity index (χ3v) is 2.65. The second-order valence-electron chi connectivity index (χ2n) is 4.07. The van der Waals surface area contributed by atoms with Gasteiger partial charge in [-0.3, -0.25) is 0 Å². The van der Waals surface area contributed by atoms with Gasteiger partial charge >= 0.3 is 0 Å². The lowest BCUT2D eigenvalue weighted by atomic mass is 9.96. The first-order valence-corrected chi connectivity index (χ1v) is 5.04. The quantitative estimate of drug-likeness (QED) is 0.795. The number of hydrogen-bond acceptors (Lipinski definition) is 2. The minimum atomic E-state index is 0.450. The molecule has 0 heterocycles. The maximum atomic E-state index is 5.66. The van der Waals surface area contributed by atoms with Gasteiger partial charge in [0.1, 0.15) is 0 Å². The topological polar surface area (TPSA) is 29.3 Å². The van der Waals surface area contributed by atoms with E-state index in [0.717, 1.165) is 0 Å². The van der Waals surface area contributed by atoms with E-state index in [1.165, 1.54) is 16.8 Å². The van der Waals surface area contributed by atoms with Crippen molar-refractivity contribution in [3.05, 3.63) is 29.3 Å². The second kappa shape index (κ2) is 4.47. The Morgan fingerprint density at radius 3 is 2.43 bits per heavy atom. The molecule has 0 radical (unpaired) electrons. The molecule has 0 aromatic heterocycles. The number of anilines is 1. The van der Waals surface area contributed by atoms with E-state index < -0.39 is 0 Å². The zero-order valence-electron chi connectivity index (χ0n) is 9.54. The fraction of sp³-hybridized carbons (Fsp3) is 0.500. The Labute approximate surface area is 86.7 Å². The molecule has 14 heavy (non-hydrogen) atoms. The van der Waals surface area contributed by atoms with Gasteiger partial charge in [-0.2, -0.15) is 0 Å². The lowest BCUT2D eigenvalue weighted by molar-refractivity contribution is 0.768. The molecular weight excluding hydrogens is 172 g/mol. The van der Waals surface area contributed by atoms with E-state index >= 15 is 0 Å². The van der Waals surface area contributed by atoms with Crippen molar-refractivity contribution in [2.24, 2.45) is 5.73 Å². The van der Waals surface area contributed by atoms with Crippen molar-refractivity contribution in [3.63, 3.8) is 0 Å². The smallest absolute Gasteiger partial charge is 0.0363 e. The lowest BCUT2D eigenvalue weighted by Crippen LogP contribution is -2.12. The Balaban J connectivity index is 3.01. The molecule has 0 amide bonds. The van der Waals surface area contributed by atoms with Crippen molar-refractivity contribution < 1.29 is 0 Å². The maximum absolute atomic E-state index is 5.66. The van der Waals surface area contributed by atoms with E-state index in [9.17, 15) is 0 Å². The van der Waals surface area contributed by atoms with Crippen LogP contribution in [0.1, 0.15) is 24.0 Å². The summed E-state index contributed by atoms with van der Waals surface area (Å²) in [5.74, 6) is 0.450. The summed E-state index contributed by atoms with van der Waals surface area (Å²) >= 11 is 0. The molecule has 0 bridgehead atoms. The van der Waals surface area contributed by atoms with Gasteiger partial charge in [0.2, 0.25) is 0 Å². The Morgan fingerprint density at radius 2 is 2.00 bits per heavy atom. The summed E-state index contributed by atoms with van der Waals surface area (Å²) in [7, 11) is 4.11. The van der Waals surface area contributed by atoms with E-state index in [0.29, 0.717) is 12.5 Å². The second-order valence-corrected chi connectivity index (χ2v) is 4.07. The molecular formula is C12H20N2. The zero-order valence-corrected chi connectivity index (χ0v) is 9.54. The molecule has 1 aromatic carbocycles. The van der Waals surface area contributed by atoms with Gasteiger partial charge < -0.3 is 10.6 Å². The number of hydrogen-bond donors (Lipinski definition) is 1. The molecule has 2 heteroatoms. The molecule has 2 nitrogen and oxygen atoms in total. The van der Waals surface area contributed by atoms with Crippen LogP contribution < -0.4 is 10.6 Å². The minimum Gasteiger partial charge on any atom is -0.378 e. The monoisotopic (exact) mass is 192 g/mol. The average molecular weight is 192 g/mol. The Hall–Kier alpha value is -1.02. The summed E-state index contributed by atoms with van der Waals surface area (Å²) in [6, 6.07) is 6.54. The van der Waals surface area contributed by atoms with Gasteiger partial charge in [0, 0.05) is 19.8 Å². The molecule has 0 saturated heterocycles. The first-order valence-electron chi connectivity index (χ1n) is 5.04. The third-order valence-electron chi connectivity index (χ3n) is 2.65. The van der Waals surface area contributed by atoms with Gasteiger partial charge in [-0.05, 0) is 42.6 Å². The predicted octanol–water partition coefficient (Wildman–Crippen LogP) is 2.12. The van der Waals surface area contributed by atoms with Gasteiger partial charge in [0.15, 0.2) is 0 Å². The lowest BCUT2D eigenvalue weighted by Gasteiger charge is -2.17. The highest BCUT2D eigenvalue weighted by molar-refractivity contribution is 5.50. The highest BCUT2D eigenvalue weighted by atomic mass is 15.1. The summed E-state index contributed by atoms with van der Waals surface area (Å²) in [5.41, 5.74) is 9.59. The molecule has 1 unspecified atom stereocenters. The van der Waals surface area contributed by atoms with Crippen molar-refractivity contribution in [2.45, 2.75) is 19.8 Å². The number of aryl methyl sites for hydroxylation is 1. The van der Waals surface area contributed by atoms with Gasteiger partial charge in [0.25, 0.3) is 0 Å². The molecule has 0 fully saturated rings. The van der Waals surface area contributed by atoms with Crippen LogP contribution in [0.3, 0.4) is 0 Å². The van der Waals surface area contributed by atoms with E-state index in [1.54, 1.807) is 0 Å². The first-order chi connectivity index (χ1) is 6.56. The van der Waals surface area contributed by atoms with Crippen LogP contribution in [-0.2, 0) is 0 Å². The van der Waals surface area contributed by atoms with Crippen molar-refractivity contribution >= 4 is 5.69 Å². The molecule has 0 aliphatic heterocycles. The van der Waals surface area contributed by atoms with Crippen LogP contribution >= 0.6 is 0 Å². The predicted molar refractivity (Wildman–Crippen MR) is 63.0 cm³/mol. The molecule has 0 aliphatic carbocycles. The van der Waals surface area contributed by atoms with Crippen LogP contribution in [0, 0.1) is 6.92 Å². The summed E-state index contributed by atoms with van der Waals surface area (Å²) in [5, 5.41) is 0. The normalized spacial score (nSPS) is 12.6. The molecule has 1 rings (SSSR count). The standard InChI is InChI=1S/C12H20N2/c1-9-7-11(14(3)4)5-6-12(9)10(2)8-13/h5-7,10H,8,13H2,1-4H3. The SMILES string of the molecule is Cc1cc(N(C)C)ccc1C(C)CN. The van der Waals surface area contributed by atoms with Crippen LogP contribution in [0.4, 0.5) is 5.69 Å². The van der Waals surface area contributed by atoms with E-state index in [1.807, 2.05) is 0 Å². The molecule has 1 atom stereocenters. The average Bonchev–Trinajstić information content (AvgIpc) is 2.16. The number of rotatable bonds is 3. The van der Waals surface area contributed by atoms with Crippen LogP contribution in [-0.4, -0.2) is 20.6 Å². The van der Waals surface area contributed by atoms with Gasteiger partial charge in [-0.1, -0.05) is 13.0 Å². The van der Waals surface area contributed by atoms with Crippen molar-refractivity contribution in [1.29, 1.82) is 0 Å². The van der Waals surface area contributed by atoms with E-state index in [4.69, 9.17) is 5.73 Å². The summed E-state index contributed by atoms with van der Waals surface area (Å²) < 4.78 is 0. The van der Waals surface area contributed by atoms with Gasteiger partial charge in [-0.25, -0.2) is 0 Å². The third kappa shape index (κ3) is 2.26. The highest BCUT2D eigenvalue weighted by Crippen LogP contribution is 2.23. The number of nitrogens with zero attached hydrogens (tertiary/aromatic N) is 1. The molecule has 1 aromatic rings. The fourth-order valence-electron chi connectivity index (χ4n) is 1.62. The molecule has 0 spiro atoms. The van der Waals surface area contributed by atoms with Crippen LogP contribution in [0.25, 0.3) is 0 Å². The van der Waals surface area contributed by atoms with E-state index in [-0.39, 0.29) is 0 Å². The fourth-order valence-corrected chi connectivity index (χ4v) is 1.62. The van der Waals surface area contributed by atoms with Gasteiger partial charge in [-0.15, -0.1) is 0 Å². The molecule has 0 aliphatic rings. The van der Waals surface area contributed by atoms with Crippen LogP contribution in [0.5, 0.6) is 0 Å². The van der Waals surface area contributed by atoms with Crippen molar-refractivity contribution in [1.82, 2.24) is 0 Å². The van der Waals surface area contributed by atoms with Crippen LogP contribution in [0.2, 0.25) is 0 Å². The summed E-state index contributed by atoms with van der Waals surface area (Å²) in [6.07, 6.45) is 0. The van der Waals surface area contributed by atoms with Crippen LogP contribution in [0.15, 0.2) is 18.2 Å². The number of nitrogens with two attached hydrogens (primary N) is 1.